The summed E-state index contributed by atoms with van der Waals surface area (Å²) in [6.45, 7) is 0. The number of nitrogens with zero attached hydrogens (tertiary/aromatic N) is 2. The number of aromatic carboxylic acids is 1. The predicted molar refractivity (Wildman–Crippen MR) is 36.1 cm³/mol. The Morgan fingerprint density at radius 2 is 2.30 bits per heavy atom. The molecule has 1 N–H and O–H groups in total. The second-order valence-electron chi connectivity index (χ2n) is 1.40. The summed E-state index contributed by atoms with van der Waals surface area (Å²) < 4.78 is 0. The Hall–Kier alpha value is 0.186. The zero-order valence-corrected chi connectivity index (χ0v) is 4.48. The third-order valence-corrected chi connectivity index (χ3v) is 0.801. The topological polar surface area (TPSA) is 63.1 Å². The molecule has 0 aliphatic rings. The van der Waals surface area contributed by atoms with Crippen LogP contribution in [0.25, 0.3) is 0 Å². The van der Waals surface area contributed by atoms with E-state index < -0.39 is 5.97 Å². The van der Waals surface area contributed by atoms with Crippen molar-refractivity contribution in [2.45, 2.75) is 0 Å². The number of aromatic nitrogens is 2. The molecule has 5 heteroatoms. The van der Waals surface area contributed by atoms with Gasteiger partial charge in [-0.1, -0.05) is 0 Å². The maximum absolute atomic E-state index is 10.1. The summed E-state index contributed by atoms with van der Waals surface area (Å²) in [6.07, 6.45) is 2.58. The van der Waals surface area contributed by atoms with Gasteiger partial charge in [0.15, 0.2) is 5.69 Å². The van der Waals surface area contributed by atoms with Crippen molar-refractivity contribution < 1.29 is 9.90 Å². The Kier molecular flexibility index (Phi) is 5.01. The fraction of sp³-hybridized carbons (Fsp3) is 0. The number of hydrogen-bond acceptors (Lipinski definition) is 3. The zero-order valence-electron chi connectivity index (χ0n) is 4.48. The number of hydrogen-bond donors (Lipinski definition) is 1. The molecule has 0 aromatic carbocycles. The first-order valence-electron chi connectivity index (χ1n) is 2.30. The third kappa shape index (κ3) is 2.85. The first-order chi connectivity index (χ1) is 4.30. The molecule has 10 heavy (non-hydrogen) atoms. The molecule has 1 heterocycles. The van der Waals surface area contributed by atoms with Gasteiger partial charge in [0.25, 0.3) is 0 Å². The van der Waals surface area contributed by atoms with Gasteiger partial charge in [0, 0.05) is 6.20 Å². The number of rotatable bonds is 1. The summed E-state index contributed by atoms with van der Waals surface area (Å²) in [6, 6.07) is 1.34. The molecule has 0 radical (unpaired) electrons. The van der Waals surface area contributed by atoms with Gasteiger partial charge in [-0.15, -0.1) is 0 Å². The van der Waals surface area contributed by atoms with E-state index in [9.17, 15) is 4.79 Å². The summed E-state index contributed by atoms with van der Waals surface area (Å²) in [5, 5.41) is 8.29. The maximum atomic E-state index is 10.1. The first-order valence-corrected chi connectivity index (χ1v) is 2.30. The summed E-state index contributed by atoms with van der Waals surface area (Å²) in [4.78, 5) is 17.1. The number of carboxylic acid groups (broad SMARTS) is 1. The van der Waals surface area contributed by atoms with Gasteiger partial charge in [-0.2, -0.15) is 0 Å². The molecule has 0 unspecified atom stereocenters. The van der Waals surface area contributed by atoms with Gasteiger partial charge in [0.1, 0.15) is 6.33 Å². The van der Waals surface area contributed by atoms with Crippen molar-refractivity contribution in [1.29, 1.82) is 0 Å². The van der Waals surface area contributed by atoms with E-state index in [2.05, 4.69) is 9.97 Å². The van der Waals surface area contributed by atoms with Crippen LogP contribution in [-0.4, -0.2) is 72.4 Å². The van der Waals surface area contributed by atoms with Crippen molar-refractivity contribution in [2.24, 2.45) is 0 Å². The van der Waals surface area contributed by atoms with Gasteiger partial charge in [0.2, 0.25) is 0 Å². The molecule has 1 aromatic rings. The van der Waals surface area contributed by atoms with Gasteiger partial charge in [-0.25, -0.2) is 14.8 Å². The molecule has 0 aliphatic carbocycles. The van der Waals surface area contributed by atoms with Crippen molar-refractivity contribution in [2.75, 3.05) is 0 Å². The number of carboxylic acids is 1. The second kappa shape index (κ2) is 4.92. The monoisotopic (exact) mass is 164 g/mol. The Morgan fingerprint density at radius 1 is 1.60 bits per heavy atom. The molecule has 0 saturated heterocycles. The molecule has 0 spiro atoms. The molecule has 48 valence electrons. The molecule has 4 nitrogen and oxygen atoms in total. The van der Waals surface area contributed by atoms with E-state index in [0.717, 1.165) is 0 Å². The van der Waals surface area contributed by atoms with Crippen LogP contribution in [0.4, 0.5) is 0 Å². The Balaban J connectivity index is 0.000000810. The molecular weight excluding hydrogens is 159 g/mol. The minimum absolute atomic E-state index is 0. The van der Waals surface area contributed by atoms with Crippen LogP contribution in [0.5, 0.6) is 0 Å². The molecule has 1 aromatic heterocycles. The van der Waals surface area contributed by atoms with Crippen molar-refractivity contribution in [3.8, 4) is 0 Å². The second-order valence-corrected chi connectivity index (χ2v) is 1.40. The SMILES string of the molecule is O=C(O)c1ccncn1.[KH]. The average molecular weight is 164 g/mol. The van der Waals surface area contributed by atoms with Crippen LogP contribution in [0.2, 0.25) is 0 Å². The molecule has 0 amide bonds. The van der Waals surface area contributed by atoms with Crippen LogP contribution in [-0.2, 0) is 0 Å². The van der Waals surface area contributed by atoms with Crippen LogP contribution in [0.15, 0.2) is 18.6 Å². The van der Waals surface area contributed by atoms with Gasteiger partial charge in [-0.05, 0) is 6.07 Å². The van der Waals surface area contributed by atoms with Gasteiger partial charge in [0.05, 0.1) is 0 Å². The fourth-order valence-corrected chi connectivity index (χ4v) is 0.417. The molecule has 0 saturated carbocycles. The van der Waals surface area contributed by atoms with Crippen LogP contribution in [0, 0.1) is 0 Å². The molecule has 0 bridgehead atoms. The van der Waals surface area contributed by atoms with Crippen molar-refractivity contribution in [3.05, 3.63) is 24.3 Å². The summed E-state index contributed by atoms with van der Waals surface area (Å²) in [7, 11) is 0. The molecular formula is C5H5KN2O2. The van der Waals surface area contributed by atoms with Crippen LogP contribution < -0.4 is 0 Å². The Morgan fingerprint density at radius 3 is 2.60 bits per heavy atom. The van der Waals surface area contributed by atoms with E-state index in [4.69, 9.17) is 5.11 Å². The first kappa shape index (κ1) is 10.2. The van der Waals surface area contributed by atoms with E-state index >= 15 is 0 Å². The standard InChI is InChI=1S/C5H4N2O2.K.H/c8-5(9)4-1-2-6-3-7-4;;/h1-3H,(H,8,9);;. The van der Waals surface area contributed by atoms with E-state index in [1.807, 2.05) is 0 Å². The predicted octanol–water partition coefficient (Wildman–Crippen LogP) is -0.474. The Labute approximate surface area is 100 Å². The van der Waals surface area contributed by atoms with Crippen LogP contribution in [0.3, 0.4) is 0 Å². The van der Waals surface area contributed by atoms with Crippen LogP contribution in [0.1, 0.15) is 10.5 Å². The fourth-order valence-electron chi connectivity index (χ4n) is 0.417. The van der Waals surface area contributed by atoms with E-state index in [-0.39, 0.29) is 57.1 Å². The molecule has 0 aliphatic heterocycles. The molecule has 1 rings (SSSR count). The van der Waals surface area contributed by atoms with Crippen LogP contribution >= 0.6 is 0 Å². The third-order valence-electron chi connectivity index (χ3n) is 0.801. The quantitative estimate of drug-likeness (QED) is 0.570. The summed E-state index contributed by atoms with van der Waals surface area (Å²) in [5.41, 5.74) is 0.0185. The Bertz CT molecular complexity index is 214. The van der Waals surface area contributed by atoms with E-state index in [0.29, 0.717) is 0 Å². The number of carbonyl (C=O) groups is 1. The molecule has 0 atom stereocenters. The minimum atomic E-state index is -1.03. The van der Waals surface area contributed by atoms with E-state index in [1.54, 1.807) is 0 Å². The van der Waals surface area contributed by atoms with E-state index in [1.165, 1.54) is 18.6 Å². The van der Waals surface area contributed by atoms with Gasteiger partial charge < -0.3 is 5.11 Å². The zero-order chi connectivity index (χ0) is 6.69. The van der Waals surface area contributed by atoms with Crippen molar-refractivity contribution in [1.82, 2.24) is 9.97 Å². The van der Waals surface area contributed by atoms with Crippen molar-refractivity contribution in [3.63, 3.8) is 0 Å². The average Bonchev–Trinajstić information content (AvgIpc) is 1.90. The van der Waals surface area contributed by atoms with Gasteiger partial charge >= 0.3 is 57.4 Å². The molecule has 0 fully saturated rings. The summed E-state index contributed by atoms with van der Waals surface area (Å²) in [5.74, 6) is -1.03. The van der Waals surface area contributed by atoms with Gasteiger partial charge in [-0.3, -0.25) is 0 Å². The summed E-state index contributed by atoms with van der Waals surface area (Å²) >= 11 is 0. The van der Waals surface area contributed by atoms with Crippen molar-refractivity contribution >= 4 is 57.4 Å². The normalized spacial score (nSPS) is 8.00.